The van der Waals surface area contributed by atoms with Crippen molar-refractivity contribution in [3.8, 4) is 0 Å². The summed E-state index contributed by atoms with van der Waals surface area (Å²) < 4.78 is 25.9. The van der Waals surface area contributed by atoms with E-state index in [2.05, 4.69) is 4.90 Å². The van der Waals surface area contributed by atoms with Crippen molar-refractivity contribution >= 4 is 38.9 Å². The van der Waals surface area contributed by atoms with Gasteiger partial charge >= 0.3 is 0 Å². The minimum Gasteiger partial charge on any atom is -0.369 e. The van der Waals surface area contributed by atoms with Crippen LogP contribution < -0.4 is 4.90 Å². The molecule has 4 nitrogen and oxygen atoms in total. The molecule has 0 aliphatic carbocycles. The molecular formula is C14H20Cl2N2O2S. The van der Waals surface area contributed by atoms with Crippen LogP contribution >= 0.6 is 23.2 Å². The minimum absolute atomic E-state index is 0.243. The van der Waals surface area contributed by atoms with Gasteiger partial charge < -0.3 is 4.90 Å². The molecule has 7 heteroatoms. The standard InChI is InChI=1S/C14H20Cl2N2O2S/c1-2-3-8-21(19,20)18-6-4-17(5-7-18)14-10-12(15)9-13(16)11-14/h9-11H,2-8H2,1H3. The molecular weight excluding hydrogens is 331 g/mol. The van der Waals surface area contributed by atoms with Crippen LogP contribution in [-0.2, 0) is 10.0 Å². The summed E-state index contributed by atoms with van der Waals surface area (Å²) in [6.45, 7) is 4.33. The van der Waals surface area contributed by atoms with Crippen molar-refractivity contribution < 1.29 is 8.42 Å². The van der Waals surface area contributed by atoms with Gasteiger partial charge in [0.25, 0.3) is 0 Å². The number of hydrogen-bond acceptors (Lipinski definition) is 3. The molecule has 1 aromatic carbocycles. The van der Waals surface area contributed by atoms with Gasteiger partial charge in [-0.15, -0.1) is 0 Å². The fourth-order valence-corrected chi connectivity index (χ4v) is 4.55. The van der Waals surface area contributed by atoms with Gasteiger partial charge in [0.1, 0.15) is 0 Å². The molecule has 1 saturated heterocycles. The normalized spacial score (nSPS) is 17.2. The molecule has 1 aliphatic rings. The van der Waals surface area contributed by atoms with Crippen molar-refractivity contribution in [2.24, 2.45) is 0 Å². The SMILES string of the molecule is CCCCS(=O)(=O)N1CCN(c2cc(Cl)cc(Cl)c2)CC1. The van der Waals surface area contributed by atoms with E-state index >= 15 is 0 Å². The van der Waals surface area contributed by atoms with Gasteiger partial charge in [0.15, 0.2) is 0 Å². The van der Waals surface area contributed by atoms with Gasteiger partial charge in [-0.25, -0.2) is 8.42 Å². The van der Waals surface area contributed by atoms with Gasteiger partial charge in [0, 0.05) is 41.9 Å². The summed E-state index contributed by atoms with van der Waals surface area (Å²) in [7, 11) is -3.11. The van der Waals surface area contributed by atoms with E-state index in [1.165, 1.54) is 0 Å². The molecule has 1 heterocycles. The predicted molar refractivity (Wildman–Crippen MR) is 88.9 cm³/mol. The van der Waals surface area contributed by atoms with Crippen molar-refractivity contribution in [3.05, 3.63) is 28.2 Å². The predicted octanol–water partition coefficient (Wildman–Crippen LogP) is 3.25. The number of unbranched alkanes of at least 4 members (excludes halogenated alkanes) is 1. The van der Waals surface area contributed by atoms with Gasteiger partial charge in [0.05, 0.1) is 5.75 Å². The second-order valence-corrected chi connectivity index (χ2v) is 8.14. The summed E-state index contributed by atoms with van der Waals surface area (Å²) in [5.74, 6) is 0.243. The number of halogens is 2. The molecule has 0 radical (unpaired) electrons. The summed E-state index contributed by atoms with van der Waals surface area (Å²) in [6, 6.07) is 5.40. The van der Waals surface area contributed by atoms with Crippen LogP contribution in [0.3, 0.4) is 0 Å². The molecule has 1 fully saturated rings. The highest BCUT2D eigenvalue weighted by Crippen LogP contribution is 2.26. The Hall–Kier alpha value is -0.490. The number of hydrogen-bond donors (Lipinski definition) is 0. The molecule has 0 N–H and O–H groups in total. The number of piperazine rings is 1. The summed E-state index contributed by atoms with van der Waals surface area (Å²) in [5.41, 5.74) is 0.943. The third-order valence-corrected chi connectivity index (χ3v) is 5.99. The minimum atomic E-state index is -3.11. The first-order valence-electron chi connectivity index (χ1n) is 7.11. The Kier molecular flexibility index (Phi) is 5.77. The van der Waals surface area contributed by atoms with Crippen LogP contribution in [0, 0.1) is 0 Å². The van der Waals surface area contributed by atoms with Crippen molar-refractivity contribution in [3.63, 3.8) is 0 Å². The van der Waals surface area contributed by atoms with E-state index in [9.17, 15) is 8.42 Å². The Balaban J connectivity index is 2.00. The van der Waals surface area contributed by atoms with Gasteiger partial charge in [-0.3, -0.25) is 0 Å². The highest BCUT2D eigenvalue weighted by Gasteiger charge is 2.26. The Morgan fingerprint density at radius 3 is 2.14 bits per heavy atom. The quantitative estimate of drug-likeness (QED) is 0.818. The lowest BCUT2D eigenvalue weighted by molar-refractivity contribution is 0.384. The summed E-state index contributed by atoms with van der Waals surface area (Å²) in [6.07, 6.45) is 1.60. The Bertz CT molecular complexity index is 564. The van der Waals surface area contributed by atoms with E-state index in [0.717, 1.165) is 12.1 Å². The molecule has 21 heavy (non-hydrogen) atoms. The largest absolute Gasteiger partial charge is 0.369 e. The van der Waals surface area contributed by atoms with Crippen LogP contribution in [-0.4, -0.2) is 44.7 Å². The lowest BCUT2D eigenvalue weighted by Gasteiger charge is -2.35. The monoisotopic (exact) mass is 350 g/mol. The molecule has 0 unspecified atom stereocenters. The van der Waals surface area contributed by atoms with Crippen LogP contribution in [0.1, 0.15) is 19.8 Å². The summed E-state index contributed by atoms with van der Waals surface area (Å²) in [5, 5.41) is 1.19. The second-order valence-electron chi connectivity index (χ2n) is 5.18. The smallest absolute Gasteiger partial charge is 0.214 e. The number of rotatable bonds is 5. The van der Waals surface area contributed by atoms with Crippen LogP contribution in [0.25, 0.3) is 0 Å². The average Bonchev–Trinajstić information content (AvgIpc) is 2.44. The van der Waals surface area contributed by atoms with E-state index in [1.54, 1.807) is 10.4 Å². The molecule has 118 valence electrons. The summed E-state index contributed by atoms with van der Waals surface area (Å²) >= 11 is 12.0. The molecule has 2 rings (SSSR count). The van der Waals surface area contributed by atoms with Gasteiger partial charge in [-0.05, 0) is 24.6 Å². The second kappa shape index (κ2) is 7.18. The maximum Gasteiger partial charge on any atom is 0.214 e. The van der Waals surface area contributed by atoms with Crippen LogP contribution in [0.2, 0.25) is 10.0 Å². The lowest BCUT2D eigenvalue weighted by Crippen LogP contribution is -2.49. The zero-order valence-corrected chi connectivity index (χ0v) is 14.4. The van der Waals surface area contributed by atoms with E-state index in [0.29, 0.717) is 42.6 Å². The number of nitrogens with zero attached hydrogens (tertiary/aromatic N) is 2. The van der Waals surface area contributed by atoms with E-state index in [-0.39, 0.29) is 5.75 Å². The van der Waals surface area contributed by atoms with E-state index in [1.807, 2.05) is 19.1 Å². The Morgan fingerprint density at radius 2 is 1.62 bits per heavy atom. The van der Waals surface area contributed by atoms with Gasteiger partial charge in [-0.2, -0.15) is 4.31 Å². The number of anilines is 1. The summed E-state index contributed by atoms with van der Waals surface area (Å²) in [4.78, 5) is 2.11. The molecule has 0 atom stereocenters. The van der Waals surface area contributed by atoms with Crippen molar-refractivity contribution in [2.45, 2.75) is 19.8 Å². The van der Waals surface area contributed by atoms with Gasteiger partial charge in [-0.1, -0.05) is 36.5 Å². The average molecular weight is 351 g/mol. The molecule has 0 saturated carbocycles. The topological polar surface area (TPSA) is 40.6 Å². The van der Waals surface area contributed by atoms with Crippen molar-refractivity contribution in [1.29, 1.82) is 0 Å². The number of benzene rings is 1. The third kappa shape index (κ3) is 4.49. The highest BCUT2D eigenvalue weighted by molar-refractivity contribution is 7.89. The Morgan fingerprint density at radius 1 is 1.05 bits per heavy atom. The molecule has 0 aromatic heterocycles. The first-order valence-corrected chi connectivity index (χ1v) is 9.48. The molecule has 0 spiro atoms. The first kappa shape index (κ1) is 16.9. The van der Waals surface area contributed by atoms with Gasteiger partial charge in [0.2, 0.25) is 10.0 Å². The maximum absolute atomic E-state index is 12.2. The Labute approximate surface area is 136 Å². The fraction of sp³-hybridized carbons (Fsp3) is 0.571. The van der Waals surface area contributed by atoms with Crippen molar-refractivity contribution in [2.75, 3.05) is 36.8 Å². The van der Waals surface area contributed by atoms with E-state index in [4.69, 9.17) is 23.2 Å². The van der Waals surface area contributed by atoms with E-state index < -0.39 is 10.0 Å². The third-order valence-electron chi connectivity index (χ3n) is 3.60. The van der Waals surface area contributed by atoms with Crippen LogP contribution in [0.4, 0.5) is 5.69 Å². The van der Waals surface area contributed by atoms with Crippen LogP contribution in [0.15, 0.2) is 18.2 Å². The van der Waals surface area contributed by atoms with Crippen molar-refractivity contribution in [1.82, 2.24) is 4.31 Å². The zero-order chi connectivity index (χ0) is 15.5. The molecule has 1 aromatic rings. The molecule has 1 aliphatic heterocycles. The number of sulfonamides is 1. The molecule has 0 amide bonds. The zero-order valence-electron chi connectivity index (χ0n) is 12.1. The highest BCUT2D eigenvalue weighted by atomic mass is 35.5. The fourth-order valence-electron chi connectivity index (χ4n) is 2.40. The lowest BCUT2D eigenvalue weighted by atomic mass is 10.2. The van der Waals surface area contributed by atoms with Crippen LogP contribution in [0.5, 0.6) is 0 Å². The first-order chi connectivity index (χ1) is 9.92. The maximum atomic E-state index is 12.2. The molecule has 0 bridgehead atoms.